The molecule has 1 fully saturated rings. The van der Waals surface area contributed by atoms with E-state index in [1.165, 1.54) is 32.1 Å². The zero-order valence-electron chi connectivity index (χ0n) is 11.7. The Kier molecular flexibility index (Phi) is 6.41. The fraction of sp³-hybridized carbons (Fsp3) is 1.00. The van der Waals surface area contributed by atoms with E-state index >= 15 is 0 Å². The first-order chi connectivity index (χ1) is 8.17. The Bertz CT molecular complexity index is 203. The number of likely N-dealkylation sites (N-methyl/N-ethyl adjacent to an activating group) is 1. The molecule has 102 valence electrons. The molecule has 0 aliphatic heterocycles. The lowest BCUT2D eigenvalue weighted by molar-refractivity contribution is 0.00744. The lowest BCUT2D eigenvalue weighted by atomic mass is 9.75. The van der Waals surface area contributed by atoms with Crippen LogP contribution < -0.4 is 11.3 Å². The molecule has 1 atom stereocenters. The summed E-state index contributed by atoms with van der Waals surface area (Å²) in [6.07, 6.45) is 7.43. The first kappa shape index (κ1) is 14.9. The second-order valence-electron chi connectivity index (χ2n) is 5.35. The molecule has 0 heterocycles. The molecular formula is C13H29N3O. The van der Waals surface area contributed by atoms with Gasteiger partial charge in [-0.3, -0.25) is 11.3 Å². The fourth-order valence-corrected chi connectivity index (χ4v) is 2.98. The van der Waals surface area contributed by atoms with Crippen LogP contribution in [0.4, 0.5) is 0 Å². The molecule has 0 bridgehead atoms. The number of nitrogens with one attached hydrogen (secondary N) is 1. The molecule has 0 spiro atoms. The Morgan fingerprint density at radius 2 is 1.94 bits per heavy atom. The third-order valence-corrected chi connectivity index (χ3v) is 4.09. The molecule has 0 aromatic rings. The predicted octanol–water partition coefficient (Wildman–Crippen LogP) is 1.51. The number of ether oxygens (including phenoxy) is 1. The highest BCUT2D eigenvalue weighted by molar-refractivity contribution is 4.99. The summed E-state index contributed by atoms with van der Waals surface area (Å²) in [5.74, 6) is 5.75. The maximum absolute atomic E-state index is 5.75. The van der Waals surface area contributed by atoms with Gasteiger partial charge < -0.3 is 9.64 Å². The van der Waals surface area contributed by atoms with Crippen molar-refractivity contribution in [3.8, 4) is 0 Å². The first-order valence-electron chi connectivity index (χ1n) is 6.88. The maximum atomic E-state index is 5.75. The number of hydrogen-bond acceptors (Lipinski definition) is 4. The molecule has 0 aromatic heterocycles. The molecule has 0 amide bonds. The van der Waals surface area contributed by atoms with Crippen molar-refractivity contribution in [1.82, 2.24) is 10.3 Å². The van der Waals surface area contributed by atoms with Crippen LogP contribution in [0.1, 0.15) is 45.4 Å². The van der Waals surface area contributed by atoms with Gasteiger partial charge in [-0.15, -0.1) is 0 Å². The summed E-state index contributed by atoms with van der Waals surface area (Å²) in [5.41, 5.74) is 3.15. The smallest absolute Gasteiger partial charge is 0.0651 e. The van der Waals surface area contributed by atoms with Crippen LogP contribution >= 0.6 is 0 Å². The molecule has 17 heavy (non-hydrogen) atoms. The minimum atomic E-state index is 0.167. The van der Waals surface area contributed by atoms with Gasteiger partial charge in [-0.25, -0.2) is 0 Å². The summed E-state index contributed by atoms with van der Waals surface area (Å²) in [5, 5.41) is 0. The van der Waals surface area contributed by atoms with E-state index in [4.69, 9.17) is 10.6 Å². The van der Waals surface area contributed by atoms with E-state index < -0.39 is 0 Å². The average Bonchev–Trinajstić information content (AvgIpc) is 2.35. The number of nitrogens with zero attached hydrogens (tertiary/aromatic N) is 1. The summed E-state index contributed by atoms with van der Waals surface area (Å²) >= 11 is 0. The van der Waals surface area contributed by atoms with Gasteiger partial charge in [0.2, 0.25) is 0 Å². The number of nitrogens with two attached hydrogens (primary N) is 1. The standard InChI is InChI=1S/C13H29N3O/c1-4-10-17-11-12(15-14)13(16(2)3)8-6-5-7-9-13/h12,15H,4-11,14H2,1-3H3. The molecule has 1 aliphatic carbocycles. The molecule has 1 unspecified atom stereocenters. The number of rotatable bonds is 7. The van der Waals surface area contributed by atoms with Gasteiger partial charge in [-0.1, -0.05) is 26.2 Å². The van der Waals surface area contributed by atoms with Crippen molar-refractivity contribution in [2.45, 2.75) is 57.0 Å². The lowest BCUT2D eigenvalue weighted by Crippen LogP contribution is -2.63. The normalized spacial score (nSPS) is 21.7. The quantitative estimate of drug-likeness (QED) is 0.404. The van der Waals surface area contributed by atoms with Crippen molar-refractivity contribution in [2.75, 3.05) is 27.3 Å². The summed E-state index contributed by atoms with van der Waals surface area (Å²) in [4.78, 5) is 2.34. The monoisotopic (exact) mass is 243 g/mol. The zero-order chi connectivity index (χ0) is 12.7. The number of hydrogen-bond donors (Lipinski definition) is 2. The van der Waals surface area contributed by atoms with Crippen molar-refractivity contribution in [3.63, 3.8) is 0 Å². The highest BCUT2D eigenvalue weighted by atomic mass is 16.5. The Balaban J connectivity index is 2.64. The van der Waals surface area contributed by atoms with E-state index in [1.54, 1.807) is 0 Å². The summed E-state index contributed by atoms with van der Waals surface area (Å²) in [7, 11) is 4.32. The van der Waals surface area contributed by atoms with E-state index in [9.17, 15) is 0 Å². The molecule has 0 radical (unpaired) electrons. The minimum absolute atomic E-state index is 0.167. The molecule has 3 N–H and O–H groups in total. The van der Waals surface area contributed by atoms with Crippen molar-refractivity contribution < 1.29 is 4.74 Å². The Hall–Kier alpha value is -0.160. The SMILES string of the molecule is CCCOCC(NN)C1(N(C)C)CCCCC1. The molecular weight excluding hydrogens is 214 g/mol. The van der Waals surface area contributed by atoms with Crippen molar-refractivity contribution in [3.05, 3.63) is 0 Å². The third-order valence-electron chi connectivity index (χ3n) is 4.09. The van der Waals surface area contributed by atoms with E-state index in [2.05, 4.69) is 31.3 Å². The van der Waals surface area contributed by atoms with Crippen LogP contribution in [0.15, 0.2) is 0 Å². The van der Waals surface area contributed by atoms with E-state index in [0.29, 0.717) is 6.61 Å². The van der Waals surface area contributed by atoms with Crippen LogP contribution in [-0.2, 0) is 4.74 Å². The lowest BCUT2D eigenvalue weighted by Gasteiger charge is -2.48. The molecule has 4 heteroatoms. The van der Waals surface area contributed by atoms with Gasteiger partial charge in [0.1, 0.15) is 0 Å². The zero-order valence-corrected chi connectivity index (χ0v) is 11.7. The van der Waals surface area contributed by atoms with Crippen LogP contribution in [-0.4, -0.2) is 43.8 Å². The molecule has 1 saturated carbocycles. The maximum Gasteiger partial charge on any atom is 0.0651 e. The molecule has 0 saturated heterocycles. The van der Waals surface area contributed by atoms with Gasteiger partial charge >= 0.3 is 0 Å². The van der Waals surface area contributed by atoms with Gasteiger partial charge in [0, 0.05) is 12.1 Å². The second-order valence-corrected chi connectivity index (χ2v) is 5.35. The molecule has 4 nitrogen and oxygen atoms in total. The highest BCUT2D eigenvalue weighted by Gasteiger charge is 2.41. The molecule has 0 aromatic carbocycles. The van der Waals surface area contributed by atoms with Crippen LogP contribution in [0.3, 0.4) is 0 Å². The molecule has 1 aliphatic rings. The topological polar surface area (TPSA) is 50.5 Å². The van der Waals surface area contributed by atoms with Crippen molar-refractivity contribution in [2.24, 2.45) is 5.84 Å². The van der Waals surface area contributed by atoms with Gasteiger partial charge in [-0.2, -0.15) is 0 Å². The van der Waals surface area contributed by atoms with E-state index in [-0.39, 0.29) is 11.6 Å². The largest absolute Gasteiger partial charge is 0.380 e. The van der Waals surface area contributed by atoms with Crippen LogP contribution in [0, 0.1) is 0 Å². The van der Waals surface area contributed by atoms with Gasteiger partial charge in [-0.05, 0) is 33.4 Å². The summed E-state index contributed by atoms with van der Waals surface area (Å²) in [6, 6.07) is 0.226. The Morgan fingerprint density at radius 3 is 2.41 bits per heavy atom. The first-order valence-corrected chi connectivity index (χ1v) is 6.88. The summed E-state index contributed by atoms with van der Waals surface area (Å²) in [6.45, 7) is 3.66. The van der Waals surface area contributed by atoms with Gasteiger partial charge in [0.15, 0.2) is 0 Å². The highest BCUT2D eigenvalue weighted by Crippen LogP contribution is 2.35. The van der Waals surface area contributed by atoms with Crippen molar-refractivity contribution in [1.29, 1.82) is 0 Å². The van der Waals surface area contributed by atoms with Crippen LogP contribution in [0.25, 0.3) is 0 Å². The van der Waals surface area contributed by atoms with Gasteiger partial charge in [0.25, 0.3) is 0 Å². The van der Waals surface area contributed by atoms with Crippen LogP contribution in [0.2, 0.25) is 0 Å². The predicted molar refractivity (Wildman–Crippen MR) is 71.7 cm³/mol. The fourth-order valence-electron chi connectivity index (χ4n) is 2.98. The number of hydrazine groups is 1. The van der Waals surface area contributed by atoms with Crippen molar-refractivity contribution >= 4 is 0 Å². The minimum Gasteiger partial charge on any atom is -0.380 e. The summed E-state index contributed by atoms with van der Waals surface area (Å²) < 4.78 is 5.70. The van der Waals surface area contributed by atoms with E-state index in [1.807, 2.05) is 0 Å². The average molecular weight is 243 g/mol. The second kappa shape index (κ2) is 7.31. The Labute approximate surface area is 106 Å². The van der Waals surface area contributed by atoms with Gasteiger partial charge in [0.05, 0.1) is 12.6 Å². The van der Waals surface area contributed by atoms with E-state index in [0.717, 1.165) is 13.0 Å². The third kappa shape index (κ3) is 3.65. The molecule has 1 rings (SSSR count). The Morgan fingerprint density at radius 1 is 1.29 bits per heavy atom. The van der Waals surface area contributed by atoms with Crippen LogP contribution in [0.5, 0.6) is 0 Å².